The van der Waals surface area contributed by atoms with E-state index in [0.29, 0.717) is 33.3 Å². The Kier molecular flexibility index (Phi) is 5.59. The number of amides is 2. The van der Waals surface area contributed by atoms with Gasteiger partial charge in [-0.3, -0.25) is 34.3 Å². The van der Waals surface area contributed by atoms with Gasteiger partial charge in [-0.1, -0.05) is 29.8 Å². The molecule has 2 aromatic carbocycles. The van der Waals surface area contributed by atoms with Crippen molar-refractivity contribution >= 4 is 63.7 Å². The number of carbonyl (C=O) groups excluding carboxylic acids is 2. The molecule has 35 heavy (non-hydrogen) atoms. The maximum atomic E-state index is 13.3. The number of non-ortho nitro benzene ring substituents is 1. The molecule has 1 aliphatic rings. The monoisotopic (exact) mass is 503 g/mol. The fraction of sp³-hybridized carbons (Fsp3) is 0. The predicted octanol–water partition coefficient (Wildman–Crippen LogP) is 4.39. The molecule has 5 rings (SSSR count). The van der Waals surface area contributed by atoms with Crippen molar-refractivity contribution < 1.29 is 14.5 Å². The second-order valence-electron chi connectivity index (χ2n) is 7.52. The highest BCUT2D eigenvalue weighted by Crippen LogP contribution is 2.28. The largest absolute Gasteiger partial charge is 0.299 e. The zero-order valence-corrected chi connectivity index (χ0v) is 19.3. The minimum absolute atomic E-state index is 0.0496. The SMILES string of the molecule is O=C1NC(=S)N(c2ccc(Cl)cc2)C(=O)/C1=C/c1nc(-c2cccc([N+](=O)[O-])c2)n2ccccc12. The number of thiocarbonyl (C=S) groups is 1. The number of fused-ring (bicyclic) bond motifs is 1. The summed E-state index contributed by atoms with van der Waals surface area (Å²) in [6.45, 7) is 0. The molecule has 1 fully saturated rings. The van der Waals surface area contributed by atoms with Crippen LogP contribution in [0.2, 0.25) is 5.02 Å². The second kappa shape index (κ2) is 8.75. The molecule has 0 atom stereocenters. The van der Waals surface area contributed by atoms with Crippen LogP contribution in [0.25, 0.3) is 23.0 Å². The minimum Gasteiger partial charge on any atom is -0.299 e. The second-order valence-corrected chi connectivity index (χ2v) is 8.34. The van der Waals surface area contributed by atoms with E-state index in [0.717, 1.165) is 0 Å². The highest BCUT2D eigenvalue weighted by atomic mass is 35.5. The number of nitrogens with zero attached hydrogens (tertiary/aromatic N) is 4. The van der Waals surface area contributed by atoms with E-state index in [4.69, 9.17) is 23.8 Å². The summed E-state index contributed by atoms with van der Waals surface area (Å²) in [5.41, 5.74) is 1.66. The predicted molar refractivity (Wildman–Crippen MR) is 135 cm³/mol. The molecular formula is C24H14ClN5O4S. The van der Waals surface area contributed by atoms with Gasteiger partial charge in [-0.2, -0.15) is 0 Å². The molecule has 0 aliphatic carbocycles. The van der Waals surface area contributed by atoms with E-state index in [1.54, 1.807) is 65.2 Å². The topological polar surface area (TPSA) is 110 Å². The molecule has 172 valence electrons. The van der Waals surface area contributed by atoms with Gasteiger partial charge in [-0.25, -0.2) is 4.98 Å². The van der Waals surface area contributed by atoms with Crippen LogP contribution in [0.5, 0.6) is 0 Å². The first kappa shape index (κ1) is 22.4. The number of anilines is 1. The molecule has 9 nitrogen and oxygen atoms in total. The lowest BCUT2D eigenvalue weighted by Crippen LogP contribution is -2.54. The summed E-state index contributed by atoms with van der Waals surface area (Å²) in [6.07, 6.45) is 3.13. The standard InChI is InChI=1S/C24H14ClN5O4S/c25-15-7-9-16(10-8-15)29-23(32)18(22(31)27-24(29)35)13-19-20-6-1-2-11-28(20)21(26-19)14-4-3-5-17(12-14)30(33)34/h1-13H,(H,27,31,35)/b18-13+. The molecule has 0 spiro atoms. The van der Waals surface area contributed by atoms with E-state index in [1.807, 2.05) is 0 Å². The molecule has 0 radical (unpaired) electrons. The van der Waals surface area contributed by atoms with Crippen LogP contribution in [0.3, 0.4) is 0 Å². The van der Waals surface area contributed by atoms with Crippen molar-refractivity contribution in [3.63, 3.8) is 0 Å². The number of hydrogen-bond donors (Lipinski definition) is 1. The van der Waals surface area contributed by atoms with Gasteiger partial charge in [0.1, 0.15) is 11.4 Å². The van der Waals surface area contributed by atoms with E-state index in [9.17, 15) is 19.7 Å². The molecule has 0 saturated carbocycles. The maximum absolute atomic E-state index is 13.3. The van der Waals surface area contributed by atoms with Crippen molar-refractivity contribution in [1.82, 2.24) is 14.7 Å². The van der Waals surface area contributed by atoms with Gasteiger partial charge in [-0.05, 0) is 54.7 Å². The van der Waals surface area contributed by atoms with Crippen LogP contribution in [0, 0.1) is 10.1 Å². The van der Waals surface area contributed by atoms with Gasteiger partial charge < -0.3 is 0 Å². The van der Waals surface area contributed by atoms with Crippen LogP contribution in [-0.2, 0) is 9.59 Å². The van der Waals surface area contributed by atoms with E-state index < -0.39 is 16.7 Å². The smallest absolute Gasteiger partial charge is 0.270 e. The Balaban J connectivity index is 1.62. The zero-order valence-electron chi connectivity index (χ0n) is 17.7. The Hall–Kier alpha value is -4.41. The summed E-state index contributed by atoms with van der Waals surface area (Å²) in [5, 5.41) is 14.2. The lowest BCUT2D eigenvalue weighted by molar-refractivity contribution is -0.384. The minimum atomic E-state index is -0.654. The fourth-order valence-electron chi connectivity index (χ4n) is 3.75. The van der Waals surface area contributed by atoms with Crippen LogP contribution in [0.4, 0.5) is 11.4 Å². The van der Waals surface area contributed by atoms with E-state index in [2.05, 4.69) is 10.3 Å². The quantitative estimate of drug-likeness (QED) is 0.145. The number of aromatic nitrogens is 2. The molecule has 1 aliphatic heterocycles. The number of rotatable bonds is 4. The fourth-order valence-corrected chi connectivity index (χ4v) is 4.16. The number of hydrogen-bond acceptors (Lipinski definition) is 6. The highest BCUT2D eigenvalue weighted by molar-refractivity contribution is 7.80. The van der Waals surface area contributed by atoms with Crippen molar-refractivity contribution in [2.24, 2.45) is 0 Å². The number of carbonyl (C=O) groups is 2. The summed E-state index contributed by atoms with van der Waals surface area (Å²) >= 11 is 11.2. The molecule has 1 saturated heterocycles. The Morgan fingerprint density at radius 2 is 1.83 bits per heavy atom. The van der Waals surface area contributed by atoms with E-state index in [1.165, 1.54) is 23.1 Å². The maximum Gasteiger partial charge on any atom is 0.270 e. The van der Waals surface area contributed by atoms with Gasteiger partial charge >= 0.3 is 0 Å². The lowest BCUT2D eigenvalue weighted by Gasteiger charge is -2.28. The van der Waals surface area contributed by atoms with E-state index in [-0.39, 0.29) is 16.4 Å². The van der Waals surface area contributed by atoms with Crippen molar-refractivity contribution in [2.75, 3.05) is 4.90 Å². The van der Waals surface area contributed by atoms with Gasteiger partial charge in [0, 0.05) is 28.9 Å². The van der Waals surface area contributed by atoms with Crippen LogP contribution >= 0.6 is 23.8 Å². The summed E-state index contributed by atoms with van der Waals surface area (Å²) in [6, 6.07) is 17.9. The number of nitrogens with one attached hydrogen (secondary N) is 1. The Labute approximate surface area is 208 Å². The first-order valence-electron chi connectivity index (χ1n) is 10.2. The average Bonchev–Trinajstić information content (AvgIpc) is 3.21. The van der Waals surface area contributed by atoms with Crippen molar-refractivity contribution in [3.05, 3.63) is 99.3 Å². The Bertz CT molecular complexity index is 1580. The lowest BCUT2D eigenvalue weighted by atomic mass is 10.1. The van der Waals surface area contributed by atoms with Gasteiger partial charge in [0.2, 0.25) is 0 Å². The highest BCUT2D eigenvalue weighted by Gasteiger charge is 2.35. The molecule has 0 bridgehead atoms. The van der Waals surface area contributed by atoms with Crippen LogP contribution < -0.4 is 10.2 Å². The van der Waals surface area contributed by atoms with Crippen molar-refractivity contribution in [3.8, 4) is 11.4 Å². The normalized spacial score (nSPS) is 15.1. The first-order chi connectivity index (χ1) is 16.8. The number of nitro groups is 1. The van der Waals surface area contributed by atoms with E-state index >= 15 is 0 Å². The summed E-state index contributed by atoms with van der Waals surface area (Å²) < 4.78 is 1.73. The molecule has 3 heterocycles. The molecule has 11 heteroatoms. The first-order valence-corrected chi connectivity index (χ1v) is 11.0. The van der Waals surface area contributed by atoms with Gasteiger partial charge in [0.25, 0.3) is 17.5 Å². The average molecular weight is 504 g/mol. The van der Waals surface area contributed by atoms with Crippen LogP contribution in [0.1, 0.15) is 5.69 Å². The zero-order chi connectivity index (χ0) is 24.7. The number of imidazole rings is 1. The Morgan fingerprint density at radius 3 is 2.57 bits per heavy atom. The molecule has 1 N–H and O–H groups in total. The molecule has 2 aromatic heterocycles. The number of pyridine rings is 1. The number of benzene rings is 2. The third-order valence-electron chi connectivity index (χ3n) is 5.36. The number of nitro benzene ring substituents is 1. The summed E-state index contributed by atoms with van der Waals surface area (Å²) in [4.78, 5) is 42.7. The molecule has 0 unspecified atom stereocenters. The van der Waals surface area contributed by atoms with Crippen molar-refractivity contribution in [2.45, 2.75) is 0 Å². The third kappa shape index (κ3) is 4.05. The Morgan fingerprint density at radius 1 is 1.06 bits per heavy atom. The van der Waals surface area contributed by atoms with Crippen molar-refractivity contribution in [1.29, 1.82) is 0 Å². The van der Waals surface area contributed by atoms with Crippen LogP contribution in [-0.4, -0.2) is 31.2 Å². The number of halogens is 1. The molecular weight excluding hydrogens is 490 g/mol. The summed E-state index contributed by atoms with van der Waals surface area (Å²) in [7, 11) is 0. The summed E-state index contributed by atoms with van der Waals surface area (Å²) in [5.74, 6) is -0.848. The van der Waals surface area contributed by atoms with Gasteiger partial charge in [-0.15, -0.1) is 0 Å². The molecule has 4 aromatic rings. The van der Waals surface area contributed by atoms with Gasteiger partial charge in [0.05, 0.1) is 21.8 Å². The molecule has 2 amide bonds. The van der Waals surface area contributed by atoms with Crippen LogP contribution in [0.15, 0.2) is 78.5 Å². The third-order valence-corrected chi connectivity index (χ3v) is 5.90. The van der Waals surface area contributed by atoms with Gasteiger partial charge in [0.15, 0.2) is 5.11 Å².